The maximum Gasteiger partial charge on any atom is 0.255 e. The number of hydrogen-bond acceptors (Lipinski definition) is 2. The second kappa shape index (κ2) is 6.36. The van der Waals surface area contributed by atoms with Crippen LogP contribution in [0.25, 0.3) is 11.1 Å². The summed E-state index contributed by atoms with van der Waals surface area (Å²) in [7, 11) is 0. The molecule has 2 fully saturated rings. The van der Waals surface area contributed by atoms with Crippen LogP contribution in [0.1, 0.15) is 29.6 Å². The van der Waals surface area contributed by atoms with Gasteiger partial charge in [-0.05, 0) is 41.9 Å². The molecule has 4 nitrogen and oxygen atoms in total. The Bertz CT molecular complexity index is 803. The zero-order valence-electron chi connectivity index (χ0n) is 14.1. The number of hydrogen-bond donors (Lipinski definition) is 1. The van der Waals surface area contributed by atoms with Crippen molar-refractivity contribution in [3.05, 3.63) is 60.2 Å². The predicted octanol–water partition coefficient (Wildman–Crippen LogP) is 3.08. The predicted molar refractivity (Wildman–Crippen MR) is 96.7 cm³/mol. The molecule has 3 atom stereocenters. The topological polar surface area (TPSA) is 63.4 Å². The van der Waals surface area contributed by atoms with Gasteiger partial charge in [0.1, 0.15) is 6.04 Å². The Balaban J connectivity index is 1.71. The number of carbonyl (C=O) groups excluding carboxylic acids is 2. The first-order valence-electron chi connectivity index (χ1n) is 8.91. The van der Waals surface area contributed by atoms with Gasteiger partial charge in [0.05, 0.1) is 0 Å². The van der Waals surface area contributed by atoms with Gasteiger partial charge in [0.15, 0.2) is 0 Å². The van der Waals surface area contributed by atoms with Crippen molar-refractivity contribution in [3.8, 4) is 11.1 Å². The van der Waals surface area contributed by atoms with Crippen molar-refractivity contribution in [2.75, 3.05) is 6.54 Å². The van der Waals surface area contributed by atoms with Crippen LogP contribution in [0.5, 0.6) is 0 Å². The summed E-state index contributed by atoms with van der Waals surface area (Å²) < 4.78 is 0. The standard InChI is InChI=1S/C21H22N2O2/c22-20(24)19-17-12-6-9-15(17)13-23(19)21(25)18-11-5-4-10-16(18)14-7-2-1-3-8-14/h1-5,7-8,10-11,15,17,19H,6,9,12-13H2,(H2,22,24). The number of rotatable bonds is 3. The highest BCUT2D eigenvalue weighted by molar-refractivity contribution is 6.03. The van der Waals surface area contributed by atoms with Crippen LogP contribution in [-0.4, -0.2) is 29.3 Å². The van der Waals surface area contributed by atoms with Crippen molar-refractivity contribution in [2.45, 2.75) is 25.3 Å². The fourth-order valence-electron chi connectivity index (χ4n) is 4.57. The lowest BCUT2D eigenvalue weighted by Crippen LogP contribution is -2.46. The molecular weight excluding hydrogens is 312 g/mol. The molecule has 128 valence electrons. The molecule has 0 bridgehead atoms. The third-order valence-corrected chi connectivity index (χ3v) is 5.69. The van der Waals surface area contributed by atoms with Crippen LogP contribution >= 0.6 is 0 Å². The highest BCUT2D eigenvalue weighted by atomic mass is 16.2. The zero-order valence-corrected chi connectivity index (χ0v) is 14.1. The molecule has 0 spiro atoms. The second-order valence-electron chi connectivity index (χ2n) is 7.07. The smallest absolute Gasteiger partial charge is 0.255 e. The lowest BCUT2D eigenvalue weighted by atomic mass is 9.93. The molecule has 0 aromatic heterocycles. The maximum atomic E-state index is 13.3. The molecule has 2 aromatic carbocycles. The van der Waals surface area contributed by atoms with Gasteiger partial charge in [0, 0.05) is 12.1 Å². The Labute approximate surface area is 147 Å². The van der Waals surface area contributed by atoms with E-state index in [9.17, 15) is 9.59 Å². The van der Waals surface area contributed by atoms with Gasteiger partial charge < -0.3 is 10.6 Å². The number of benzene rings is 2. The largest absolute Gasteiger partial charge is 0.368 e. The molecule has 2 N–H and O–H groups in total. The van der Waals surface area contributed by atoms with Gasteiger partial charge in [0.2, 0.25) is 5.91 Å². The first-order chi connectivity index (χ1) is 12.2. The molecule has 1 heterocycles. The molecule has 1 aliphatic carbocycles. The minimum absolute atomic E-state index is 0.0855. The summed E-state index contributed by atoms with van der Waals surface area (Å²) in [6.07, 6.45) is 3.20. The number of primary amides is 1. The number of amides is 2. The molecule has 0 radical (unpaired) electrons. The highest BCUT2D eigenvalue weighted by Gasteiger charge is 2.48. The molecule has 25 heavy (non-hydrogen) atoms. The van der Waals surface area contributed by atoms with E-state index in [1.165, 1.54) is 0 Å². The molecule has 2 amide bonds. The highest BCUT2D eigenvalue weighted by Crippen LogP contribution is 2.43. The van der Waals surface area contributed by atoms with Gasteiger partial charge in [-0.1, -0.05) is 55.0 Å². The van der Waals surface area contributed by atoms with Crippen LogP contribution in [0.3, 0.4) is 0 Å². The average molecular weight is 334 g/mol. The molecule has 2 aromatic rings. The third-order valence-electron chi connectivity index (χ3n) is 5.69. The fraction of sp³-hybridized carbons (Fsp3) is 0.333. The summed E-state index contributed by atoms with van der Waals surface area (Å²) >= 11 is 0. The molecular formula is C21H22N2O2. The van der Waals surface area contributed by atoms with Crippen molar-refractivity contribution in [3.63, 3.8) is 0 Å². The van der Waals surface area contributed by atoms with Crippen molar-refractivity contribution in [1.82, 2.24) is 4.90 Å². The first kappa shape index (κ1) is 15.9. The minimum atomic E-state index is -0.469. The third kappa shape index (κ3) is 2.72. The summed E-state index contributed by atoms with van der Waals surface area (Å²) in [5.41, 5.74) is 8.21. The number of carbonyl (C=O) groups is 2. The van der Waals surface area contributed by atoms with Gasteiger partial charge in [-0.15, -0.1) is 0 Å². The SMILES string of the molecule is NC(=O)C1C2CCCC2CN1C(=O)c1ccccc1-c1ccccc1. The molecule has 4 heteroatoms. The van der Waals surface area contributed by atoms with E-state index in [0.29, 0.717) is 18.0 Å². The van der Waals surface area contributed by atoms with Gasteiger partial charge >= 0.3 is 0 Å². The second-order valence-corrected chi connectivity index (χ2v) is 7.07. The lowest BCUT2D eigenvalue weighted by Gasteiger charge is -2.26. The summed E-state index contributed by atoms with van der Waals surface area (Å²) in [5.74, 6) is 0.174. The Hall–Kier alpha value is -2.62. The lowest BCUT2D eigenvalue weighted by molar-refractivity contribution is -0.122. The van der Waals surface area contributed by atoms with Crippen molar-refractivity contribution in [2.24, 2.45) is 17.6 Å². The summed E-state index contributed by atoms with van der Waals surface area (Å²) in [6, 6.07) is 17.0. The van der Waals surface area contributed by atoms with Crippen LogP contribution < -0.4 is 5.73 Å². The Morgan fingerprint density at radius 3 is 2.44 bits per heavy atom. The number of nitrogens with two attached hydrogens (primary N) is 1. The van der Waals surface area contributed by atoms with Crippen LogP contribution in [0.15, 0.2) is 54.6 Å². The molecule has 2 aliphatic rings. The van der Waals surface area contributed by atoms with Crippen molar-refractivity contribution in [1.29, 1.82) is 0 Å². The first-order valence-corrected chi connectivity index (χ1v) is 8.91. The molecule has 1 saturated carbocycles. The summed E-state index contributed by atoms with van der Waals surface area (Å²) in [5, 5.41) is 0. The number of nitrogens with zero attached hydrogens (tertiary/aromatic N) is 1. The van der Waals surface area contributed by atoms with Crippen LogP contribution in [-0.2, 0) is 4.79 Å². The van der Waals surface area contributed by atoms with Crippen LogP contribution in [0.4, 0.5) is 0 Å². The van der Waals surface area contributed by atoms with E-state index in [4.69, 9.17) is 5.73 Å². The van der Waals surface area contributed by atoms with E-state index in [1.54, 1.807) is 4.90 Å². The van der Waals surface area contributed by atoms with Crippen molar-refractivity contribution < 1.29 is 9.59 Å². The van der Waals surface area contributed by atoms with E-state index < -0.39 is 6.04 Å². The normalized spacial score (nSPS) is 25.0. The van der Waals surface area contributed by atoms with E-state index >= 15 is 0 Å². The maximum absolute atomic E-state index is 13.3. The summed E-state index contributed by atoms with van der Waals surface area (Å²) in [4.78, 5) is 27.1. The Kier molecular flexibility index (Phi) is 4.04. The monoisotopic (exact) mass is 334 g/mol. The van der Waals surface area contributed by atoms with Gasteiger partial charge in [-0.25, -0.2) is 0 Å². The Morgan fingerprint density at radius 1 is 0.960 bits per heavy atom. The van der Waals surface area contributed by atoms with Crippen molar-refractivity contribution >= 4 is 11.8 Å². The van der Waals surface area contributed by atoms with E-state index in [2.05, 4.69) is 0 Å². The van der Waals surface area contributed by atoms with E-state index in [1.807, 2.05) is 54.6 Å². The van der Waals surface area contributed by atoms with E-state index in [0.717, 1.165) is 30.4 Å². The quantitative estimate of drug-likeness (QED) is 0.937. The van der Waals surface area contributed by atoms with Gasteiger partial charge in [-0.3, -0.25) is 9.59 Å². The minimum Gasteiger partial charge on any atom is -0.368 e. The van der Waals surface area contributed by atoms with Crippen LogP contribution in [0, 0.1) is 11.8 Å². The molecule has 1 aliphatic heterocycles. The van der Waals surface area contributed by atoms with E-state index in [-0.39, 0.29) is 17.7 Å². The molecule has 3 unspecified atom stereocenters. The Morgan fingerprint density at radius 2 is 1.68 bits per heavy atom. The molecule has 1 saturated heterocycles. The zero-order chi connectivity index (χ0) is 17.4. The fourth-order valence-corrected chi connectivity index (χ4v) is 4.57. The van der Waals surface area contributed by atoms with Crippen LogP contribution in [0.2, 0.25) is 0 Å². The van der Waals surface area contributed by atoms with Gasteiger partial charge in [0.25, 0.3) is 5.91 Å². The average Bonchev–Trinajstić information content (AvgIpc) is 3.22. The number of fused-ring (bicyclic) bond motifs is 1. The molecule has 4 rings (SSSR count). The number of likely N-dealkylation sites (tertiary alicyclic amines) is 1. The summed E-state index contributed by atoms with van der Waals surface area (Å²) in [6.45, 7) is 0.639. The van der Waals surface area contributed by atoms with Gasteiger partial charge in [-0.2, -0.15) is 0 Å².